The number of aromatic nitrogens is 4. The summed E-state index contributed by atoms with van der Waals surface area (Å²) < 4.78 is 0. The molecule has 1 heterocycles. The van der Waals surface area contributed by atoms with Crippen molar-refractivity contribution in [2.45, 2.75) is 12.4 Å². The van der Waals surface area contributed by atoms with Crippen LogP contribution >= 0.6 is 11.6 Å². The van der Waals surface area contributed by atoms with E-state index in [1.54, 1.807) is 0 Å². The van der Waals surface area contributed by atoms with Gasteiger partial charge in [-0.1, -0.05) is 0 Å². The maximum atomic E-state index is 8.44. The SMILES string of the molecule is OCCn1nnc(CCl)n1. The number of rotatable bonds is 3. The standard InChI is InChI=1S/C4H7ClN4O/c5-3-4-6-8-9(7-4)1-2-10/h10H,1-3H2. The number of aliphatic hydroxyl groups excluding tert-OH is 1. The summed E-state index contributed by atoms with van der Waals surface area (Å²) >= 11 is 5.40. The Morgan fingerprint density at radius 2 is 2.40 bits per heavy atom. The lowest BCUT2D eigenvalue weighted by atomic mass is 10.7. The molecule has 1 aromatic rings. The third kappa shape index (κ3) is 1.65. The zero-order valence-electron chi connectivity index (χ0n) is 5.24. The molecule has 0 saturated carbocycles. The van der Waals surface area contributed by atoms with E-state index in [1.807, 2.05) is 0 Å². The summed E-state index contributed by atoms with van der Waals surface area (Å²) in [4.78, 5) is 1.30. The molecule has 5 nitrogen and oxygen atoms in total. The minimum Gasteiger partial charge on any atom is -0.394 e. The van der Waals surface area contributed by atoms with Crippen molar-refractivity contribution in [3.8, 4) is 0 Å². The van der Waals surface area contributed by atoms with Crippen LogP contribution in [-0.4, -0.2) is 31.9 Å². The van der Waals surface area contributed by atoms with Crippen LogP contribution in [0.5, 0.6) is 0 Å². The van der Waals surface area contributed by atoms with E-state index < -0.39 is 0 Å². The maximum absolute atomic E-state index is 8.44. The molecule has 0 aliphatic heterocycles. The summed E-state index contributed by atoms with van der Waals surface area (Å²) in [7, 11) is 0. The van der Waals surface area contributed by atoms with E-state index in [0.29, 0.717) is 12.4 Å². The molecule has 0 spiro atoms. The highest BCUT2D eigenvalue weighted by Crippen LogP contribution is 1.90. The lowest BCUT2D eigenvalue weighted by Crippen LogP contribution is -2.05. The Kier molecular flexibility index (Phi) is 2.58. The van der Waals surface area contributed by atoms with Gasteiger partial charge in [-0.3, -0.25) is 0 Å². The summed E-state index contributed by atoms with van der Waals surface area (Å²) in [5.41, 5.74) is 0. The van der Waals surface area contributed by atoms with Gasteiger partial charge in [-0.2, -0.15) is 4.80 Å². The summed E-state index contributed by atoms with van der Waals surface area (Å²) in [6.45, 7) is 0.377. The number of hydrogen-bond donors (Lipinski definition) is 1. The summed E-state index contributed by atoms with van der Waals surface area (Å²) in [6.07, 6.45) is 0. The van der Waals surface area contributed by atoms with Crippen LogP contribution in [0.3, 0.4) is 0 Å². The Hall–Kier alpha value is -0.680. The molecule has 0 fully saturated rings. The van der Waals surface area contributed by atoms with E-state index in [9.17, 15) is 0 Å². The summed E-state index contributed by atoms with van der Waals surface area (Å²) in [6, 6.07) is 0. The van der Waals surface area contributed by atoms with Crippen molar-refractivity contribution < 1.29 is 5.11 Å². The number of tetrazole rings is 1. The third-order valence-corrected chi connectivity index (χ3v) is 1.15. The van der Waals surface area contributed by atoms with Gasteiger partial charge in [0, 0.05) is 0 Å². The molecule has 6 heteroatoms. The van der Waals surface area contributed by atoms with Crippen LogP contribution in [0.1, 0.15) is 5.82 Å². The van der Waals surface area contributed by atoms with Gasteiger partial charge in [-0.25, -0.2) is 0 Å². The Balaban J connectivity index is 2.59. The van der Waals surface area contributed by atoms with Crippen molar-refractivity contribution in [2.75, 3.05) is 6.61 Å². The normalized spacial score (nSPS) is 10.2. The van der Waals surface area contributed by atoms with Crippen molar-refractivity contribution in [3.05, 3.63) is 5.82 Å². The molecule has 56 valence electrons. The first kappa shape index (κ1) is 7.43. The average molecular weight is 163 g/mol. The number of hydrogen-bond acceptors (Lipinski definition) is 4. The van der Waals surface area contributed by atoms with Gasteiger partial charge < -0.3 is 5.11 Å². The van der Waals surface area contributed by atoms with Crippen LogP contribution in [0.2, 0.25) is 0 Å². The van der Waals surface area contributed by atoms with Crippen molar-refractivity contribution in [2.24, 2.45) is 0 Å². The van der Waals surface area contributed by atoms with E-state index in [-0.39, 0.29) is 12.5 Å². The van der Waals surface area contributed by atoms with Gasteiger partial charge in [0.1, 0.15) is 0 Å². The monoisotopic (exact) mass is 162 g/mol. The smallest absolute Gasteiger partial charge is 0.189 e. The molecule has 1 N–H and O–H groups in total. The fourth-order valence-electron chi connectivity index (χ4n) is 0.514. The molecule has 0 aliphatic rings. The molecular weight excluding hydrogens is 156 g/mol. The third-order valence-electron chi connectivity index (χ3n) is 0.914. The number of nitrogens with zero attached hydrogens (tertiary/aromatic N) is 4. The highest BCUT2D eigenvalue weighted by molar-refractivity contribution is 6.16. The average Bonchev–Trinajstić information content (AvgIpc) is 2.37. The van der Waals surface area contributed by atoms with Crippen molar-refractivity contribution in [1.82, 2.24) is 20.2 Å². The van der Waals surface area contributed by atoms with Gasteiger partial charge in [0.05, 0.1) is 19.0 Å². The van der Waals surface area contributed by atoms with Crippen LogP contribution in [0.25, 0.3) is 0 Å². The molecule has 0 atom stereocenters. The zero-order chi connectivity index (χ0) is 7.40. The first-order chi connectivity index (χ1) is 4.86. The minimum absolute atomic E-state index is 0.0120. The Labute approximate surface area is 62.6 Å². The molecule has 0 bridgehead atoms. The van der Waals surface area contributed by atoms with E-state index in [2.05, 4.69) is 15.4 Å². The molecule has 0 saturated heterocycles. The van der Waals surface area contributed by atoms with Gasteiger partial charge in [-0.15, -0.1) is 21.8 Å². The second-order valence-corrected chi connectivity index (χ2v) is 1.93. The van der Waals surface area contributed by atoms with Gasteiger partial charge in [0.15, 0.2) is 5.82 Å². The topological polar surface area (TPSA) is 63.8 Å². The van der Waals surface area contributed by atoms with Crippen LogP contribution in [-0.2, 0) is 12.4 Å². The fraction of sp³-hybridized carbons (Fsp3) is 0.750. The van der Waals surface area contributed by atoms with Crippen LogP contribution in [0.15, 0.2) is 0 Å². The van der Waals surface area contributed by atoms with E-state index in [0.717, 1.165) is 0 Å². The Morgan fingerprint density at radius 1 is 1.60 bits per heavy atom. The maximum Gasteiger partial charge on any atom is 0.189 e. The minimum atomic E-state index is 0.0120. The predicted octanol–water partition coefficient (Wildman–Crippen LogP) is -0.596. The molecule has 0 radical (unpaired) electrons. The molecule has 0 aliphatic carbocycles. The van der Waals surface area contributed by atoms with Gasteiger partial charge >= 0.3 is 0 Å². The molecule has 10 heavy (non-hydrogen) atoms. The second kappa shape index (κ2) is 3.48. The van der Waals surface area contributed by atoms with Crippen molar-refractivity contribution in [1.29, 1.82) is 0 Å². The van der Waals surface area contributed by atoms with Crippen molar-refractivity contribution >= 4 is 11.6 Å². The van der Waals surface area contributed by atoms with Gasteiger partial charge in [0.25, 0.3) is 0 Å². The van der Waals surface area contributed by atoms with Gasteiger partial charge in [-0.05, 0) is 5.21 Å². The van der Waals surface area contributed by atoms with Crippen LogP contribution in [0.4, 0.5) is 0 Å². The predicted molar refractivity (Wildman–Crippen MR) is 34.5 cm³/mol. The number of halogens is 1. The summed E-state index contributed by atoms with van der Waals surface area (Å²) in [5.74, 6) is 0.737. The number of aliphatic hydroxyl groups is 1. The first-order valence-corrected chi connectivity index (χ1v) is 3.34. The lowest BCUT2D eigenvalue weighted by Gasteiger charge is -1.89. The van der Waals surface area contributed by atoms with E-state index >= 15 is 0 Å². The van der Waals surface area contributed by atoms with Crippen LogP contribution in [0, 0.1) is 0 Å². The Morgan fingerprint density at radius 3 is 2.90 bits per heavy atom. The molecule has 0 aromatic carbocycles. The lowest BCUT2D eigenvalue weighted by molar-refractivity contribution is 0.259. The quantitative estimate of drug-likeness (QED) is 0.604. The fourth-order valence-corrected chi connectivity index (χ4v) is 0.621. The van der Waals surface area contributed by atoms with E-state index in [1.165, 1.54) is 4.80 Å². The molecular formula is C4H7ClN4O. The Bertz CT molecular complexity index is 201. The van der Waals surface area contributed by atoms with E-state index in [4.69, 9.17) is 16.7 Å². The zero-order valence-corrected chi connectivity index (χ0v) is 5.99. The molecule has 1 rings (SSSR count). The van der Waals surface area contributed by atoms with Crippen LogP contribution < -0.4 is 0 Å². The first-order valence-electron chi connectivity index (χ1n) is 2.80. The molecule has 0 unspecified atom stereocenters. The second-order valence-electron chi connectivity index (χ2n) is 1.66. The largest absolute Gasteiger partial charge is 0.394 e. The number of alkyl halides is 1. The highest BCUT2D eigenvalue weighted by Gasteiger charge is 1.98. The molecule has 1 aromatic heterocycles. The highest BCUT2D eigenvalue weighted by atomic mass is 35.5. The summed E-state index contributed by atoms with van der Waals surface area (Å²) in [5, 5.41) is 19.5. The van der Waals surface area contributed by atoms with Crippen molar-refractivity contribution in [3.63, 3.8) is 0 Å². The molecule has 0 amide bonds. The van der Waals surface area contributed by atoms with Gasteiger partial charge in [0.2, 0.25) is 0 Å².